The van der Waals surface area contributed by atoms with Gasteiger partial charge in [-0.3, -0.25) is 0 Å². The molecule has 0 aliphatic carbocycles. The number of hydrogen-bond donors (Lipinski definition) is 2. The van der Waals surface area contributed by atoms with Crippen LogP contribution in [-0.4, -0.2) is 23.2 Å². The Morgan fingerprint density at radius 3 is 2.89 bits per heavy atom. The molecule has 2 N–H and O–H groups in total. The van der Waals surface area contributed by atoms with Crippen molar-refractivity contribution in [3.8, 4) is 5.75 Å². The second-order valence-electron chi connectivity index (χ2n) is 3.35. The van der Waals surface area contributed by atoms with Crippen LogP contribution < -0.4 is 10.1 Å². The van der Waals surface area contributed by atoms with Crippen LogP contribution in [0.4, 0.5) is 11.7 Å². The minimum absolute atomic E-state index is 0.104. The largest absolute Gasteiger partial charge is 0.497 e. The Balaban J connectivity index is 2.22. The quantitative estimate of drug-likeness (QED) is 0.903. The molecule has 7 heteroatoms. The Kier molecular flexibility index (Phi) is 3.52. The zero-order valence-electron chi connectivity index (χ0n) is 9.31. The van der Waals surface area contributed by atoms with Crippen molar-refractivity contribution >= 4 is 33.6 Å². The lowest BCUT2D eigenvalue weighted by atomic mass is 10.3. The summed E-state index contributed by atoms with van der Waals surface area (Å²) in [5.41, 5.74) is 0.513. The van der Waals surface area contributed by atoms with E-state index < -0.39 is 5.97 Å². The monoisotopic (exact) mass is 312 g/mol. The maximum atomic E-state index is 10.6. The maximum absolute atomic E-state index is 10.6. The Morgan fingerprint density at radius 1 is 1.50 bits per heavy atom. The van der Waals surface area contributed by atoms with Gasteiger partial charge < -0.3 is 19.6 Å². The molecular formula is C11H9BrN2O4. The first-order valence-corrected chi connectivity index (χ1v) is 5.68. The number of aromatic nitrogens is 1. The summed E-state index contributed by atoms with van der Waals surface area (Å²) in [7, 11) is 1.55. The van der Waals surface area contributed by atoms with Gasteiger partial charge in [0.15, 0.2) is 5.69 Å². The van der Waals surface area contributed by atoms with E-state index in [0.717, 1.165) is 10.7 Å². The predicted octanol–water partition coefficient (Wildman–Crippen LogP) is 2.89. The number of halogens is 1. The first-order valence-electron chi connectivity index (χ1n) is 4.89. The fourth-order valence-electron chi connectivity index (χ4n) is 1.31. The Labute approximate surface area is 111 Å². The van der Waals surface area contributed by atoms with Crippen LogP contribution in [-0.2, 0) is 0 Å². The van der Waals surface area contributed by atoms with Crippen molar-refractivity contribution in [3.63, 3.8) is 0 Å². The number of nitrogens with zero attached hydrogens (tertiary/aromatic N) is 1. The van der Waals surface area contributed by atoms with Gasteiger partial charge in [-0.05, 0) is 12.1 Å². The van der Waals surface area contributed by atoms with E-state index in [0.29, 0.717) is 11.4 Å². The van der Waals surface area contributed by atoms with E-state index in [1.54, 1.807) is 25.3 Å². The van der Waals surface area contributed by atoms with Gasteiger partial charge in [-0.1, -0.05) is 15.9 Å². The Hall–Kier alpha value is -2.02. The highest BCUT2D eigenvalue weighted by atomic mass is 79.9. The van der Waals surface area contributed by atoms with Gasteiger partial charge in [0.1, 0.15) is 12.0 Å². The zero-order chi connectivity index (χ0) is 13.1. The molecule has 1 heterocycles. The molecule has 1 aromatic carbocycles. The molecule has 0 saturated heterocycles. The smallest absolute Gasteiger partial charge is 0.357 e. The zero-order valence-corrected chi connectivity index (χ0v) is 10.9. The molecule has 2 rings (SSSR count). The van der Waals surface area contributed by atoms with Crippen LogP contribution in [0.2, 0.25) is 0 Å². The number of aromatic carboxylic acids is 1. The van der Waals surface area contributed by atoms with E-state index in [1.807, 2.05) is 0 Å². The van der Waals surface area contributed by atoms with Gasteiger partial charge in [0.05, 0.1) is 7.11 Å². The van der Waals surface area contributed by atoms with Gasteiger partial charge in [-0.15, -0.1) is 0 Å². The second kappa shape index (κ2) is 5.09. The van der Waals surface area contributed by atoms with E-state index in [-0.39, 0.29) is 11.7 Å². The van der Waals surface area contributed by atoms with Crippen LogP contribution in [0.25, 0.3) is 0 Å². The molecule has 0 saturated carbocycles. The summed E-state index contributed by atoms with van der Waals surface area (Å²) in [6, 6.07) is 5.42. The molecule has 18 heavy (non-hydrogen) atoms. The Bertz CT molecular complexity index is 582. The van der Waals surface area contributed by atoms with Gasteiger partial charge in [0, 0.05) is 16.2 Å². The lowest BCUT2D eigenvalue weighted by molar-refractivity contribution is 0.0690. The predicted molar refractivity (Wildman–Crippen MR) is 67.4 cm³/mol. The van der Waals surface area contributed by atoms with Crippen molar-refractivity contribution in [3.05, 3.63) is 34.6 Å². The highest BCUT2D eigenvalue weighted by Crippen LogP contribution is 2.26. The third kappa shape index (κ3) is 2.80. The first kappa shape index (κ1) is 12.4. The molecule has 2 aromatic rings. The maximum Gasteiger partial charge on any atom is 0.357 e. The van der Waals surface area contributed by atoms with Gasteiger partial charge >= 0.3 is 5.97 Å². The van der Waals surface area contributed by atoms with E-state index in [1.165, 1.54) is 0 Å². The second-order valence-corrected chi connectivity index (χ2v) is 4.26. The summed E-state index contributed by atoms with van der Waals surface area (Å²) >= 11 is 3.33. The van der Waals surface area contributed by atoms with Crippen molar-refractivity contribution in [2.75, 3.05) is 12.4 Å². The van der Waals surface area contributed by atoms with Crippen LogP contribution in [0.15, 0.2) is 33.4 Å². The van der Waals surface area contributed by atoms with Gasteiger partial charge in [0.25, 0.3) is 6.01 Å². The average Bonchev–Trinajstić information content (AvgIpc) is 2.76. The normalized spacial score (nSPS) is 10.1. The molecular weight excluding hydrogens is 304 g/mol. The number of carbonyl (C=O) groups is 1. The number of carboxylic acids is 1. The van der Waals surface area contributed by atoms with Crippen molar-refractivity contribution in [1.29, 1.82) is 0 Å². The molecule has 0 fully saturated rings. The van der Waals surface area contributed by atoms with Gasteiger partial charge in [0.2, 0.25) is 0 Å². The highest BCUT2D eigenvalue weighted by Gasteiger charge is 2.10. The lowest BCUT2D eigenvalue weighted by Crippen LogP contribution is -1.97. The topological polar surface area (TPSA) is 84.6 Å². The fraction of sp³-hybridized carbons (Fsp3) is 0.0909. The average molecular weight is 313 g/mol. The SMILES string of the molecule is COc1cc(Br)cc(Nc2nc(C(=O)O)co2)c1. The molecule has 6 nitrogen and oxygen atoms in total. The summed E-state index contributed by atoms with van der Waals surface area (Å²) in [6.45, 7) is 0. The number of hydrogen-bond acceptors (Lipinski definition) is 5. The lowest BCUT2D eigenvalue weighted by Gasteiger charge is -2.05. The number of anilines is 2. The van der Waals surface area contributed by atoms with Crippen LogP contribution in [0, 0.1) is 0 Å². The molecule has 0 aliphatic rings. The summed E-state index contributed by atoms with van der Waals surface area (Å²) < 4.78 is 10.9. The summed E-state index contributed by atoms with van der Waals surface area (Å²) in [4.78, 5) is 14.4. The number of ether oxygens (including phenoxy) is 1. The van der Waals surface area contributed by atoms with Crippen LogP contribution >= 0.6 is 15.9 Å². The van der Waals surface area contributed by atoms with Crippen LogP contribution in [0.3, 0.4) is 0 Å². The minimum atomic E-state index is -1.14. The summed E-state index contributed by atoms with van der Waals surface area (Å²) in [5.74, 6) is -0.490. The van der Waals surface area contributed by atoms with Gasteiger partial charge in [-0.25, -0.2) is 4.79 Å². The number of rotatable bonds is 4. The third-order valence-electron chi connectivity index (χ3n) is 2.08. The number of carboxylic acid groups (broad SMARTS) is 1. The summed E-state index contributed by atoms with van der Waals surface area (Å²) in [6.07, 6.45) is 1.07. The molecule has 0 spiro atoms. The van der Waals surface area contributed by atoms with E-state index in [2.05, 4.69) is 26.2 Å². The summed E-state index contributed by atoms with van der Waals surface area (Å²) in [5, 5.41) is 11.6. The molecule has 0 radical (unpaired) electrons. The van der Waals surface area contributed by atoms with Crippen molar-refractivity contribution in [1.82, 2.24) is 4.98 Å². The van der Waals surface area contributed by atoms with Crippen LogP contribution in [0.5, 0.6) is 5.75 Å². The standard InChI is InChI=1S/C11H9BrN2O4/c1-17-8-3-6(12)2-7(4-8)13-11-14-9(5-18-11)10(15)16/h2-5H,1H3,(H,13,14)(H,15,16). The molecule has 0 bridgehead atoms. The number of oxazole rings is 1. The molecule has 0 aliphatic heterocycles. The third-order valence-corrected chi connectivity index (χ3v) is 2.54. The van der Waals surface area contributed by atoms with Crippen molar-refractivity contribution in [2.24, 2.45) is 0 Å². The van der Waals surface area contributed by atoms with E-state index in [9.17, 15) is 4.79 Å². The van der Waals surface area contributed by atoms with Crippen molar-refractivity contribution in [2.45, 2.75) is 0 Å². The molecule has 0 amide bonds. The highest BCUT2D eigenvalue weighted by molar-refractivity contribution is 9.10. The van der Waals surface area contributed by atoms with Gasteiger partial charge in [-0.2, -0.15) is 4.98 Å². The molecule has 0 atom stereocenters. The Morgan fingerprint density at radius 2 is 2.28 bits per heavy atom. The van der Waals surface area contributed by atoms with E-state index >= 15 is 0 Å². The van der Waals surface area contributed by atoms with E-state index in [4.69, 9.17) is 14.3 Å². The van der Waals surface area contributed by atoms with Crippen LogP contribution in [0.1, 0.15) is 10.5 Å². The minimum Gasteiger partial charge on any atom is -0.497 e. The number of methoxy groups -OCH3 is 1. The number of benzene rings is 1. The first-order chi connectivity index (χ1) is 8.58. The number of nitrogens with one attached hydrogen (secondary N) is 1. The molecule has 0 unspecified atom stereocenters. The molecule has 1 aromatic heterocycles. The fourth-order valence-corrected chi connectivity index (χ4v) is 1.78. The molecule has 94 valence electrons. The van der Waals surface area contributed by atoms with Crippen molar-refractivity contribution < 1.29 is 19.1 Å².